The van der Waals surface area contributed by atoms with Crippen molar-refractivity contribution >= 4 is 17.4 Å². The van der Waals surface area contributed by atoms with Crippen molar-refractivity contribution in [3.63, 3.8) is 0 Å². The lowest BCUT2D eigenvalue weighted by Crippen LogP contribution is -2.09. The van der Waals surface area contributed by atoms with Gasteiger partial charge in [-0.1, -0.05) is 37.6 Å². The average molecular weight is 290 g/mol. The minimum Gasteiger partial charge on any atom is -0.370 e. The average Bonchev–Trinajstić information content (AvgIpc) is 2.38. The van der Waals surface area contributed by atoms with Crippen LogP contribution in [-0.2, 0) is 0 Å². The molecule has 3 nitrogen and oxygen atoms in total. The molecule has 0 spiro atoms. The highest BCUT2D eigenvalue weighted by molar-refractivity contribution is 6.30. The van der Waals surface area contributed by atoms with Gasteiger partial charge in [0.2, 0.25) is 0 Å². The highest BCUT2D eigenvalue weighted by Crippen LogP contribution is 2.28. The van der Waals surface area contributed by atoms with Gasteiger partial charge in [0.1, 0.15) is 5.82 Å². The molecule has 0 aliphatic carbocycles. The fraction of sp³-hybridized carbons (Fsp3) is 0.375. The number of anilines is 1. The fourth-order valence-corrected chi connectivity index (χ4v) is 2.52. The molecule has 20 heavy (non-hydrogen) atoms. The van der Waals surface area contributed by atoms with E-state index in [-0.39, 0.29) is 0 Å². The van der Waals surface area contributed by atoms with E-state index in [4.69, 9.17) is 11.6 Å². The van der Waals surface area contributed by atoms with Crippen LogP contribution >= 0.6 is 11.6 Å². The van der Waals surface area contributed by atoms with Gasteiger partial charge in [0.25, 0.3) is 0 Å². The van der Waals surface area contributed by atoms with E-state index in [1.807, 2.05) is 31.2 Å². The predicted molar refractivity (Wildman–Crippen MR) is 85.5 cm³/mol. The third-order valence-corrected chi connectivity index (χ3v) is 3.38. The Bertz CT molecular complexity index is 609. The molecule has 0 saturated carbocycles. The van der Waals surface area contributed by atoms with Gasteiger partial charge in [0.15, 0.2) is 5.82 Å². The first kappa shape index (κ1) is 14.8. The second kappa shape index (κ2) is 6.23. The minimum atomic E-state index is 0.387. The molecular formula is C16H20ClN3. The van der Waals surface area contributed by atoms with Crippen molar-refractivity contribution in [3.05, 3.63) is 40.5 Å². The Hall–Kier alpha value is -1.61. The zero-order chi connectivity index (χ0) is 14.7. The summed E-state index contributed by atoms with van der Waals surface area (Å²) in [6.45, 7) is 9.26. The molecule has 0 aliphatic heterocycles. The molecule has 1 aromatic heterocycles. The third kappa shape index (κ3) is 3.10. The molecule has 1 N–H and O–H groups in total. The largest absolute Gasteiger partial charge is 0.370 e. The molecule has 1 aromatic carbocycles. The van der Waals surface area contributed by atoms with Gasteiger partial charge < -0.3 is 5.32 Å². The number of nitrogens with one attached hydrogen (secondary N) is 1. The molecule has 1 heterocycles. The highest BCUT2D eigenvalue weighted by atomic mass is 35.5. The van der Waals surface area contributed by atoms with Gasteiger partial charge in [0.05, 0.1) is 0 Å². The Balaban J connectivity index is 2.56. The Morgan fingerprint density at radius 2 is 2.00 bits per heavy atom. The number of halogens is 1. The predicted octanol–water partition coefficient (Wildman–Crippen LogP) is 4.66. The molecule has 4 heteroatoms. The van der Waals surface area contributed by atoms with Gasteiger partial charge in [-0.2, -0.15) is 0 Å². The molecular weight excluding hydrogens is 270 g/mol. The van der Waals surface area contributed by atoms with Crippen LogP contribution in [0.15, 0.2) is 24.3 Å². The summed E-state index contributed by atoms with van der Waals surface area (Å²) in [7, 11) is 0. The van der Waals surface area contributed by atoms with Crippen LogP contribution in [0.2, 0.25) is 5.02 Å². The summed E-state index contributed by atoms with van der Waals surface area (Å²) < 4.78 is 0. The number of benzene rings is 1. The lowest BCUT2D eigenvalue weighted by Gasteiger charge is -2.16. The standard InChI is InChI=1S/C16H20ClN3/c1-5-18-16-14(10(2)3)11(4)19-15(20-16)12-7-6-8-13(17)9-12/h6-10H,5H2,1-4H3,(H,18,19,20). The van der Waals surface area contributed by atoms with Gasteiger partial charge in [-0.25, -0.2) is 9.97 Å². The number of rotatable bonds is 4. The van der Waals surface area contributed by atoms with Crippen LogP contribution in [0.25, 0.3) is 11.4 Å². The normalized spacial score (nSPS) is 10.9. The summed E-state index contributed by atoms with van der Waals surface area (Å²) in [6.07, 6.45) is 0. The van der Waals surface area contributed by atoms with E-state index in [2.05, 4.69) is 36.1 Å². The molecule has 2 aromatic rings. The maximum Gasteiger partial charge on any atom is 0.161 e. The van der Waals surface area contributed by atoms with Gasteiger partial charge >= 0.3 is 0 Å². The van der Waals surface area contributed by atoms with Crippen LogP contribution in [-0.4, -0.2) is 16.5 Å². The van der Waals surface area contributed by atoms with E-state index in [0.717, 1.165) is 23.6 Å². The Labute approximate surface area is 125 Å². The van der Waals surface area contributed by atoms with Crippen molar-refractivity contribution in [2.75, 3.05) is 11.9 Å². The first-order valence-corrected chi connectivity index (χ1v) is 7.29. The van der Waals surface area contributed by atoms with Crippen molar-refractivity contribution < 1.29 is 0 Å². The maximum absolute atomic E-state index is 6.05. The van der Waals surface area contributed by atoms with Crippen LogP contribution in [0.3, 0.4) is 0 Å². The zero-order valence-electron chi connectivity index (χ0n) is 12.4. The van der Waals surface area contributed by atoms with E-state index in [1.54, 1.807) is 0 Å². The Morgan fingerprint density at radius 1 is 1.25 bits per heavy atom. The lowest BCUT2D eigenvalue weighted by molar-refractivity contribution is 0.831. The number of hydrogen-bond acceptors (Lipinski definition) is 3. The van der Waals surface area contributed by atoms with Crippen LogP contribution in [0.1, 0.15) is 37.9 Å². The summed E-state index contributed by atoms with van der Waals surface area (Å²) >= 11 is 6.05. The molecule has 0 amide bonds. The highest BCUT2D eigenvalue weighted by Gasteiger charge is 2.15. The zero-order valence-corrected chi connectivity index (χ0v) is 13.1. The summed E-state index contributed by atoms with van der Waals surface area (Å²) in [5.41, 5.74) is 3.13. The van der Waals surface area contributed by atoms with E-state index in [0.29, 0.717) is 16.8 Å². The van der Waals surface area contributed by atoms with Crippen LogP contribution < -0.4 is 5.32 Å². The molecule has 0 fully saturated rings. The Kier molecular flexibility index (Phi) is 4.61. The quantitative estimate of drug-likeness (QED) is 0.889. The van der Waals surface area contributed by atoms with E-state index >= 15 is 0 Å². The van der Waals surface area contributed by atoms with E-state index in [1.165, 1.54) is 5.56 Å². The van der Waals surface area contributed by atoms with Crippen molar-refractivity contribution in [3.8, 4) is 11.4 Å². The molecule has 0 aliphatic rings. The topological polar surface area (TPSA) is 37.8 Å². The molecule has 0 radical (unpaired) electrons. The molecule has 0 bridgehead atoms. The summed E-state index contributed by atoms with van der Waals surface area (Å²) in [6, 6.07) is 7.64. The van der Waals surface area contributed by atoms with Gasteiger partial charge in [-0.05, 0) is 31.9 Å². The van der Waals surface area contributed by atoms with Crippen molar-refractivity contribution in [2.45, 2.75) is 33.6 Å². The summed E-state index contributed by atoms with van der Waals surface area (Å²) in [4.78, 5) is 9.31. The summed E-state index contributed by atoms with van der Waals surface area (Å²) in [5.74, 6) is 2.02. The second-order valence-corrected chi connectivity index (χ2v) is 5.53. The first-order valence-electron chi connectivity index (χ1n) is 6.91. The SMILES string of the molecule is CCNc1nc(-c2cccc(Cl)c2)nc(C)c1C(C)C. The smallest absolute Gasteiger partial charge is 0.161 e. The number of nitrogens with zero attached hydrogens (tertiary/aromatic N) is 2. The third-order valence-electron chi connectivity index (χ3n) is 3.14. The molecule has 0 atom stereocenters. The van der Waals surface area contributed by atoms with Gasteiger partial charge in [-0.3, -0.25) is 0 Å². The second-order valence-electron chi connectivity index (χ2n) is 5.09. The number of aryl methyl sites for hydroxylation is 1. The molecule has 2 rings (SSSR count). The minimum absolute atomic E-state index is 0.387. The van der Waals surface area contributed by atoms with Crippen LogP contribution in [0, 0.1) is 6.92 Å². The van der Waals surface area contributed by atoms with Crippen LogP contribution in [0.4, 0.5) is 5.82 Å². The lowest BCUT2D eigenvalue weighted by atomic mass is 10.0. The first-order chi connectivity index (χ1) is 9.52. The van der Waals surface area contributed by atoms with Crippen molar-refractivity contribution in [1.82, 2.24) is 9.97 Å². The molecule has 0 saturated heterocycles. The maximum atomic E-state index is 6.05. The van der Waals surface area contributed by atoms with Crippen LogP contribution in [0.5, 0.6) is 0 Å². The molecule has 0 unspecified atom stereocenters. The van der Waals surface area contributed by atoms with E-state index < -0.39 is 0 Å². The molecule has 106 valence electrons. The fourth-order valence-electron chi connectivity index (χ4n) is 2.33. The van der Waals surface area contributed by atoms with E-state index in [9.17, 15) is 0 Å². The van der Waals surface area contributed by atoms with Gasteiger partial charge in [0, 0.05) is 28.4 Å². The monoisotopic (exact) mass is 289 g/mol. The van der Waals surface area contributed by atoms with Crippen molar-refractivity contribution in [1.29, 1.82) is 0 Å². The number of aromatic nitrogens is 2. The van der Waals surface area contributed by atoms with Crippen molar-refractivity contribution in [2.24, 2.45) is 0 Å². The number of hydrogen-bond donors (Lipinski definition) is 1. The summed E-state index contributed by atoms with van der Waals surface area (Å²) in [5, 5.41) is 4.03. The van der Waals surface area contributed by atoms with Gasteiger partial charge in [-0.15, -0.1) is 0 Å². The Morgan fingerprint density at radius 3 is 2.60 bits per heavy atom.